The molecular weight excluding hydrogens is 424 g/mol. The average molecular weight is 448 g/mol. The second-order valence-electron chi connectivity index (χ2n) is 8.18. The van der Waals surface area contributed by atoms with Crippen molar-refractivity contribution in [2.24, 2.45) is 0 Å². The highest BCUT2D eigenvalue weighted by Gasteiger charge is 2.19. The highest BCUT2D eigenvalue weighted by molar-refractivity contribution is 5.83. The fourth-order valence-corrected chi connectivity index (χ4v) is 4.21. The lowest BCUT2D eigenvalue weighted by molar-refractivity contribution is 0.619. The van der Waals surface area contributed by atoms with Crippen molar-refractivity contribution in [1.29, 1.82) is 0 Å². The van der Waals surface area contributed by atoms with Crippen LogP contribution in [-0.2, 0) is 0 Å². The Kier molecular flexibility index (Phi) is 5.92. The van der Waals surface area contributed by atoms with Gasteiger partial charge in [0.15, 0.2) is 5.82 Å². The van der Waals surface area contributed by atoms with Crippen LogP contribution >= 0.6 is 0 Å². The molecule has 0 radical (unpaired) electrons. The quantitative estimate of drug-likeness (QED) is 0.260. The zero-order chi connectivity index (χ0) is 23.5. The highest BCUT2D eigenvalue weighted by Crippen LogP contribution is 2.38. The normalized spacial score (nSPS) is 10.8. The summed E-state index contributed by atoms with van der Waals surface area (Å²) in [6.45, 7) is 0. The number of hydrogen-bond donors (Lipinski definition) is 0. The number of para-hydroxylation sites is 1. The zero-order valence-corrected chi connectivity index (χ0v) is 18.8. The standard InChI is InChI=1S/C31H23F2N/c1-34(29-18-9-8-17-28(29)32)30-21-26(20-27(31(30)33)23-13-6-3-7-14-23)25-16-10-15-24(19-25)22-11-4-2-5-12-22/h2-21H,1H3. The van der Waals surface area contributed by atoms with Crippen LogP contribution in [0, 0.1) is 11.6 Å². The Morgan fingerprint density at radius 1 is 0.471 bits per heavy atom. The predicted octanol–water partition coefficient (Wildman–Crippen LogP) is 8.73. The molecule has 5 aromatic rings. The van der Waals surface area contributed by atoms with Crippen molar-refractivity contribution in [3.63, 3.8) is 0 Å². The van der Waals surface area contributed by atoms with E-state index in [1.165, 1.54) is 6.07 Å². The van der Waals surface area contributed by atoms with E-state index in [9.17, 15) is 4.39 Å². The summed E-state index contributed by atoms with van der Waals surface area (Å²) < 4.78 is 30.5. The Labute approximate surface area is 198 Å². The maximum atomic E-state index is 15.9. The fourth-order valence-electron chi connectivity index (χ4n) is 4.21. The number of halogens is 2. The predicted molar refractivity (Wildman–Crippen MR) is 137 cm³/mol. The van der Waals surface area contributed by atoms with E-state index in [4.69, 9.17) is 0 Å². The van der Waals surface area contributed by atoms with Crippen LogP contribution in [0.1, 0.15) is 0 Å². The topological polar surface area (TPSA) is 3.24 Å². The van der Waals surface area contributed by atoms with Gasteiger partial charge in [0.25, 0.3) is 0 Å². The monoisotopic (exact) mass is 447 g/mol. The average Bonchev–Trinajstić information content (AvgIpc) is 2.90. The molecule has 0 fully saturated rings. The molecule has 0 N–H and O–H groups in total. The van der Waals surface area contributed by atoms with Crippen molar-refractivity contribution in [3.8, 4) is 33.4 Å². The minimum absolute atomic E-state index is 0.312. The van der Waals surface area contributed by atoms with Gasteiger partial charge in [0.1, 0.15) is 5.82 Å². The molecule has 0 aliphatic heterocycles. The van der Waals surface area contributed by atoms with E-state index >= 15 is 4.39 Å². The molecule has 0 aromatic heterocycles. The molecule has 0 heterocycles. The molecule has 5 rings (SSSR count). The number of anilines is 2. The summed E-state index contributed by atoms with van der Waals surface area (Å²) in [6, 6.07) is 37.8. The van der Waals surface area contributed by atoms with Gasteiger partial charge in [-0.1, -0.05) is 91.0 Å². The van der Waals surface area contributed by atoms with Crippen molar-refractivity contribution in [2.45, 2.75) is 0 Å². The summed E-state index contributed by atoms with van der Waals surface area (Å²) in [5, 5.41) is 0. The summed E-state index contributed by atoms with van der Waals surface area (Å²) in [7, 11) is 1.69. The molecular formula is C31H23F2N. The summed E-state index contributed by atoms with van der Waals surface area (Å²) in [5.74, 6) is -0.790. The molecule has 0 aliphatic rings. The SMILES string of the molecule is CN(c1ccccc1F)c1cc(-c2cccc(-c3ccccc3)c2)cc(-c2ccccc2)c1F. The van der Waals surface area contributed by atoms with Crippen LogP contribution in [-0.4, -0.2) is 7.05 Å². The van der Waals surface area contributed by atoms with Gasteiger partial charge in [-0.15, -0.1) is 0 Å². The second kappa shape index (κ2) is 9.32. The molecule has 3 heteroatoms. The van der Waals surface area contributed by atoms with E-state index < -0.39 is 5.82 Å². The van der Waals surface area contributed by atoms with E-state index in [2.05, 4.69) is 24.3 Å². The van der Waals surface area contributed by atoms with Crippen molar-refractivity contribution in [2.75, 3.05) is 11.9 Å². The van der Waals surface area contributed by atoms with Gasteiger partial charge < -0.3 is 4.90 Å². The van der Waals surface area contributed by atoms with Crippen LogP contribution in [0.3, 0.4) is 0 Å². The van der Waals surface area contributed by atoms with E-state index in [-0.39, 0.29) is 5.82 Å². The molecule has 0 saturated heterocycles. The first kappa shape index (κ1) is 21.6. The second-order valence-corrected chi connectivity index (χ2v) is 8.18. The van der Waals surface area contributed by atoms with Crippen LogP contribution in [0.15, 0.2) is 121 Å². The molecule has 0 bridgehead atoms. The van der Waals surface area contributed by atoms with E-state index in [0.717, 1.165) is 27.8 Å². The number of hydrogen-bond acceptors (Lipinski definition) is 1. The Morgan fingerprint density at radius 2 is 1.03 bits per heavy atom. The lowest BCUT2D eigenvalue weighted by Crippen LogP contribution is -2.13. The molecule has 0 saturated carbocycles. The molecule has 166 valence electrons. The minimum Gasteiger partial charge on any atom is -0.340 e. The summed E-state index contributed by atoms with van der Waals surface area (Å²) in [5.41, 5.74) is 5.87. The van der Waals surface area contributed by atoms with Gasteiger partial charge in [-0.05, 0) is 58.1 Å². The maximum absolute atomic E-state index is 15.9. The van der Waals surface area contributed by atoms with Gasteiger partial charge in [-0.2, -0.15) is 0 Å². The zero-order valence-electron chi connectivity index (χ0n) is 18.8. The van der Waals surface area contributed by atoms with Gasteiger partial charge >= 0.3 is 0 Å². The third-order valence-electron chi connectivity index (χ3n) is 6.02. The molecule has 5 aromatic carbocycles. The van der Waals surface area contributed by atoms with Gasteiger partial charge in [0.2, 0.25) is 0 Å². The molecule has 0 spiro atoms. The van der Waals surface area contributed by atoms with Gasteiger partial charge in [0, 0.05) is 12.6 Å². The Morgan fingerprint density at radius 3 is 1.71 bits per heavy atom. The van der Waals surface area contributed by atoms with Crippen molar-refractivity contribution in [3.05, 3.63) is 133 Å². The summed E-state index contributed by atoms with van der Waals surface area (Å²) >= 11 is 0. The smallest absolute Gasteiger partial charge is 0.154 e. The van der Waals surface area contributed by atoms with Gasteiger partial charge in [-0.25, -0.2) is 8.78 Å². The Hall–Kier alpha value is -4.24. The van der Waals surface area contributed by atoms with Crippen LogP contribution in [0.5, 0.6) is 0 Å². The van der Waals surface area contributed by atoms with E-state index in [1.807, 2.05) is 66.7 Å². The number of rotatable bonds is 5. The molecule has 0 amide bonds. The third-order valence-corrected chi connectivity index (χ3v) is 6.02. The largest absolute Gasteiger partial charge is 0.340 e. The lowest BCUT2D eigenvalue weighted by Gasteiger charge is -2.23. The van der Waals surface area contributed by atoms with Crippen molar-refractivity contribution in [1.82, 2.24) is 0 Å². The van der Waals surface area contributed by atoms with Crippen LogP contribution in [0.25, 0.3) is 33.4 Å². The summed E-state index contributed by atoms with van der Waals surface area (Å²) in [4.78, 5) is 1.57. The van der Waals surface area contributed by atoms with Gasteiger partial charge in [0.05, 0.1) is 11.4 Å². The number of benzene rings is 5. The van der Waals surface area contributed by atoms with E-state index in [0.29, 0.717) is 16.9 Å². The maximum Gasteiger partial charge on any atom is 0.154 e. The van der Waals surface area contributed by atoms with Gasteiger partial charge in [-0.3, -0.25) is 0 Å². The van der Waals surface area contributed by atoms with Crippen LogP contribution in [0.4, 0.5) is 20.2 Å². The highest BCUT2D eigenvalue weighted by atomic mass is 19.1. The first-order valence-electron chi connectivity index (χ1n) is 11.1. The Bertz CT molecular complexity index is 1430. The minimum atomic E-state index is -0.401. The summed E-state index contributed by atoms with van der Waals surface area (Å²) in [6.07, 6.45) is 0. The third kappa shape index (κ3) is 4.20. The Balaban J connectivity index is 1.69. The van der Waals surface area contributed by atoms with Crippen molar-refractivity contribution < 1.29 is 8.78 Å². The number of nitrogens with zero attached hydrogens (tertiary/aromatic N) is 1. The molecule has 0 atom stereocenters. The van der Waals surface area contributed by atoms with Crippen LogP contribution in [0.2, 0.25) is 0 Å². The first-order chi connectivity index (χ1) is 16.6. The van der Waals surface area contributed by atoms with E-state index in [1.54, 1.807) is 36.2 Å². The lowest BCUT2D eigenvalue weighted by atomic mass is 9.94. The van der Waals surface area contributed by atoms with Crippen molar-refractivity contribution >= 4 is 11.4 Å². The molecule has 0 unspecified atom stereocenters. The fraction of sp³-hybridized carbons (Fsp3) is 0.0323. The molecule has 0 aliphatic carbocycles. The van der Waals surface area contributed by atoms with Crippen LogP contribution < -0.4 is 4.90 Å². The molecule has 34 heavy (non-hydrogen) atoms. The first-order valence-corrected chi connectivity index (χ1v) is 11.1. The molecule has 1 nitrogen and oxygen atoms in total.